The maximum absolute atomic E-state index is 11.2. The largest absolute Gasteiger partial charge is 0.508 e. The first kappa shape index (κ1) is 14.4. The Kier molecular flexibility index (Phi) is 4.15. The van der Waals surface area contributed by atoms with Gasteiger partial charge in [0, 0.05) is 31.6 Å². The predicted molar refractivity (Wildman–Crippen MR) is 82.2 cm³/mol. The number of phenols is 1. The average molecular weight is 288 g/mol. The molecule has 0 saturated carbocycles. The fraction of sp³-hybridized carbons (Fsp3) is 0.588. The highest BCUT2D eigenvalue weighted by Crippen LogP contribution is 2.35. The highest BCUT2D eigenvalue weighted by molar-refractivity contribution is 5.73. The Morgan fingerprint density at radius 1 is 1.24 bits per heavy atom. The van der Waals surface area contributed by atoms with Crippen molar-refractivity contribution in [3.63, 3.8) is 0 Å². The van der Waals surface area contributed by atoms with Gasteiger partial charge in [0.15, 0.2) is 0 Å². The zero-order chi connectivity index (χ0) is 14.8. The Bertz CT molecular complexity index is 486. The van der Waals surface area contributed by atoms with E-state index in [4.69, 9.17) is 0 Å². The first-order valence-electron chi connectivity index (χ1n) is 7.92. The quantitative estimate of drug-likeness (QED) is 0.892. The van der Waals surface area contributed by atoms with E-state index in [-0.39, 0.29) is 5.91 Å². The Morgan fingerprint density at radius 2 is 1.86 bits per heavy atom. The number of nitrogens with one attached hydrogen (secondary N) is 1. The zero-order valence-corrected chi connectivity index (χ0v) is 12.6. The van der Waals surface area contributed by atoms with E-state index in [1.54, 1.807) is 19.1 Å². The summed E-state index contributed by atoms with van der Waals surface area (Å²) in [6, 6.07) is 9.13. The molecule has 0 aromatic heterocycles. The molecular formula is C17H24N2O2. The minimum Gasteiger partial charge on any atom is -0.508 e. The monoisotopic (exact) mass is 288 g/mol. The van der Waals surface area contributed by atoms with Gasteiger partial charge in [-0.15, -0.1) is 0 Å². The number of phenolic OH excluding ortho intramolecular Hbond substituents is 1. The molecule has 4 nitrogen and oxygen atoms in total. The molecule has 1 aromatic rings. The standard InChI is InChI=1S/C17H24N2O2/c1-12(20)18-14-10-15-4-5-16(11-14)19(15)9-8-13-2-6-17(21)7-3-13/h2-3,6-7,14-16,21H,4-5,8-11H2,1H3,(H,18,20)/t14-,15+,16-. The number of carbonyl (C=O) groups is 1. The molecule has 1 aromatic carbocycles. The van der Waals surface area contributed by atoms with Crippen molar-refractivity contribution >= 4 is 5.91 Å². The van der Waals surface area contributed by atoms with Gasteiger partial charge in [0.05, 0.1) is 0 Å². The Balaban J connectivity index is 1.55. The van der Waals surface area contributed by atoms with Crippen LogP contribution in [0.5, 0.6) is 5.75 Å². The van der Waals surface area contributed by atoms with Gasteiger partial charge in [0.2, 0.25) is 5.91 Å². The maximum Gasteiger partial charge on any atom is 0.217 e. The van der Waals surface area contributed by atoms with Crippen LogP contribution in [0.25, 0.3) is 0 Å². The van der Waals surface area contributed by atoms with Crippen LogP contribution in [-0.2, 0) is 11.2 Å². The second kappa shape index (κ2) is 6.06. The lowest BCUT2D eigenvalue weighted by atomic mass is 9.96. The molecule has 3 rings (SSSR count). The Morgan fingerprint density at radius 3 is 2.43 bits per heavy atom. The number of piperidine rings is 1. The summed E-state index contributed by atoms with van der Waals surface area (Å²) in [5.41, 5.74) is 1.27. The van der Waals surface area contributed by atoms with E-state index >= 15 is 0 Å². The van der Waals surface area contributed by atoms with Gasteiger partial charge in [-0.2, -0.15) is 0 Å². The fourth-order valence-corrected chi connectivity index (χ4v) is 3.97. The molecule has 0 aliphatic carbocycles. The van der Waals surface area contributed by atoms with Gasteiger partial charge in [-0.1, -0.05) is 12.1 Å². The van der Waals surface area contributed by atoms with Crippen LogP contribution in [0, 0.1) is 0 Å². The smallest absolute Gasteiger partial charge is 0.217 e. The van der Waals surface area contributed by atoms with Crippen molar-refractivity contribution < 1.29 is 9.90 Å². The van der Waals surface area contributed by atoms with Gasteiger partial charge >= 0.3 is 0 Å². The number of aromatic hydroxyl groups is 1. The molecule has 2 aliphatic rings. The topological polar surface area (TPSA) is 52.6 Å². The SMILES string of the molecule is CC(=O)N[C@H]1C[C@H]2CC[C@@H](C1)N2CCc1ccc(O)cc1. The van der Waals surface area contributed by atoms with Gasteiger partial charge in [-0.05, 0) is 49.8 Å². The van der Waals surface area contributed by atoms with E-state index in [1.807, 2.05) is 12.1 Å². The molecule has 0 unspecified atom stereocenters. The van der Waals surface area contributed by atoms with Crippen LogP contribution in [0.4, 0.5) is 0 Å². The predicted octanol–water partition coefficient (Wildman–Crippen LogP) is 2.07. The number of benzene rings is 1. The third kappa shape index (κ3) is 3.38. The second-order valence-corrected chi connectivity index (χ2v) is 6.41. The van der Waals surface area contributed by atoms with Gasteiger partial charge in [-0.3, -0.25) is 9.69 Å². The molecule has 2 fully saturated rings. The van der Waals surface area contributed by atoms with Gasteiger partial charge < -0.3 is 10.4 Å². The molecule has 2 N–H and O–H groups in total. The summed E-state index contributed by atoms with van der Waals surface area (Å²) < 4.78 is 0. The second-order valence-electron chi connectivity index (χ2n) is 6.41. The molecule has 4 heteroatoms. The summed E-state index contributed by atoms with van der Waals surface area (Å²) in [5.74, 6) is 0.423. The molecule has 0 spiro atoms. The van der Waals surface area contributed by atoms with Crippen molar-refractivity contribution in [2.45, 2.75) is 57.2 Å². The number of rotatable bonds is 4. The molecule has 0 radical (unpaired) electrons. The number of fused-ring (bicyclic) bond motifs is 2. The minimum absolute atomic E-state index is 0.0944. The fourth-order valence-electron chi connectivity index (χ4n) is 3.97. The average Bonchev–Trinajstić information content (AvgIpc) is 2.67. The highest BCUT2D eigenvalue weighted by Gasteiger charge is 2.40. The van der Waals surface area contributed by atoms with Crippen LogP contribution in [0.2, 0.25) is 0 Å². The van der Waals surface area contributed by atoms with Gasteiger partial charge in [0.25, 0.3) is 0 Å². The lowest BCUT2D eigenvalue weighted by Crippen LogP contribution is -2.50. The van der Waals surface area contributed by atoms with Crippen molar-refractivity contribution in [3.05, 3.63) is 29.8 Å². The van der Waals surface area contributed by atoms with Gasteiger partial charge in [-0.25, -0.2) is 0 Å². The lowest BCUT2D eigenvalue weighted by molar-refractivity contribution is -0.120. The van der Waals surface area contributed by atoms with E-state index in [9.17, 15) is 9.90 Å². The lowest BCUT2D eigenvalue weighted by Gasteiger charge is -2.39. The first-order valence-corrected chi connectivity index (χ1v) is 7.92. The molecule has 1 amide bonds. The minimum atomic E-state index is 0.0944. The number of hydrogen-bond donors (Lipinski definition) is 2. The summed E-state index contributed by atoms with van der Waals surface area (Å²) in [7, 11) is 0. The molecule has 2 heterocycles. The van der Waals surface area contributed by atoms with Crippen LogP contribution < -0.4 is 5.32 Å². The van der Waals surface area contributed by atoms with Crippen molar-refractivity contribution in [1.29, 1.82) is 0 Å². The summed E-state index contributed by atoms with van der Waals surface area (Å²) in [4.78, 5) is 13.9. The van der Waals surface area contributed by atoms with Crippen LogP contribution >= 0.6 is 0 Å². The Labute approximate surface area is 126 Å². The van der Waals surface area contributed by atoms with Crippen molar-refractivity contribution in [3.8, 4) is 5.75 Å². The number of nitrogens with zero attached hydrogens (tertiary/aromatic N) is 1. The van der Waals surface area contributed by atoms with Crippen molar-refractivity contribution in [2.75, 3.05) is 6.54 Å². The van der Waals surface area contributed by atoms with E-state index in [0.29, 0.717) is 23.9 Å². The number of amides is 1. The van der Waals surface area contributed by atoms with Crippen LogP contribution in [0.15, 0.2) is 24.3 Å². The molecule has 2 aliphatic heterocycles. The summed E-state index contributed by atoms with van der Waals surface area (Å²) in [6.45, 7) is 2.69. The first-order chi connectivity index (χ1) is 10.1. The number of hydrogen-bond acceptors (Lipinski definition) is 3. The third-order valence-corrected chi connectivity index (χ3v) is 4.89. The van der Waals surface area contributed by atoms with E-state index < -0.39 is 0 Å². The third-order valence-electron chi connectivity index (χ3n) is 4.89. The van der Waals surface area contributed by atoms with Crippen molar-refractivity contribution in [1.82, 2.24) is 10.2 Å². The highest BCUT2D eigenvalue weighted by atomic mass is 16.3. The van der Waals surface area contributed by atoms with E-state index in [1.165, 1.54) is 18.4 Å². The van der Waals surface area contributed by atoms with Crippen LogP contribution in [0.3, 0.4) is 0 Å². The molecular weight excluding hydrogens is 264 g/mol. The Hall–Kier alpha value is -1.55. The molecule has 2 saturated heterocycles. The molecule has 2 bridgehead atoms. The zero-order valence-electron chi connectivity index (χ0n) is 12.6. The van der Waals surface area contributed by atoms with Crippen LogP contribution in [-0.4, -0.2) is 40.6 Å². The number of carbonyl (C=O) groups excluding carboxylic acids is 1. The van der Waals surface area contributed by atoms with E-state index in [0.717, 1.165) is 25.8 Å². The summed E-state index contributed by atoms with van der Waals surface area (Å²) in [5, 5.41) is 12.4. The van der Waals surface area contributed by atoms with Crippen molar-refractivity contribution in [2.24, 2.45) is 0 Å². The van der Waals surface area contributed by atoms with E-state index in [2.05, 4.69) is 10.2 Å². The summed E-state index contributed by atoms with van der Waals surface area (Å²) >= 11 is 0. The molecule has 21 heavy (non-hydrogen) atoms. The summed E-state index contributed by atoms with van der Waals surface area (Å²) in [6.07, 6.45) is 5.72. The normalized spacial score (nSPS) is 28.5. The maximum atomic E-state index is 11.2. The van der Waals surface area contributed by atoms with Crippen LogP contribution in [0.1, 0.15) is 38.2 Å². The molecule has 114 valence electrons. The molecule has 3 atom stereocenters. The van der Waals surface area contributed by atoms with Gasteiger partial charge in [0.1, 0.15) is 5.75 Å².